The third kappa shape index (κ3) is 3.06. The average Bonchev–Trinajstić information content (AvgIpc) is 2.66. The lowest BCUT2D eigenvalue weighted by atomic mass is 10.0. The van der Waals surface area contributed by atoms with Crippen molar-refractivity contribution in [2.75, 3.05) is 0 Å². The maximum atomic E-state index is 12.6. The predicted octanol–water partition coefficient (Wildman–Crippen LogP) is 5.07. The zero-order valence-corrected chi connectivity index (χ0v) is 12.1. The number of ketones is 1. The van der Waals surface area contributed by atoms with Gasteiger partial charge in [-0.2, -0.15) is 13.2 Å². The van der Waals surface area contributed by atoms with Crippen LogP contribution in [0.1, 0.15) is 26.4 Å². The standard InChI is InChI=1S/C13H8BrF3OS/c1-7-10(6-11(14)19-7)12(18)8-3-2-4-9(5-8)13(15,16)17/h2-6H,1H3. The molecule has 0 saturated carbocycles. The number of alkyl halides is 3. The number of hydrogen-bond donors (Lipinski definition) is 0. The fraction of sp³-hybridized carbons (Fsp3) is 0.154. The van der Waals surface area contributed by atoms with Gasteiger partial charge in [0.15, 0.2) is 5.78 Å². The number of benzene rings is 1. The van der Waals surface area contributed by atoms with Gasteiger partial charge in [-0.25, -0.2) is 0 Å². The van der Waals surface area contributed by atoms with Crippen molar-refractivity contribution in [2.24, 2.45) is 0 Å². The number of halogens is 4. The van der Waals surface area contributed by atoms with Crippen molar-refractivity contribution in [1.82, 2.24) is 0 Å². The number of thiophene rings is 1. The van der Waals surface area contributed by atoms with E-state index in [1.807, 2.05) is 0 Å². The van der Waals surface area contributed by atoms with E-state index in [1.165, 1.54) is 23.5 Å². The van der Waals surface area contributed by atoms with Gasteiger partial charge in [0.25, 0.3) is 0 Å². The smallest absolute Gasteiger partial charge is 0.289 e. The largest absolute Gasteiger partial charge is 0.416 e. The minimum absolute atomic E-state index is 0.0447. The molecule has 0 fully saturated rings. The molecule has 19 heavy (non-hydrogen) atoms. The first-order chi connectivity index (χ1) is 8.79. The van der Waals surface area contributed by atoms with Gasteiger partial charge in [0, 0.05) is 16.0 Å². The molecule has 0 saturated heterocycles. The fourth-order valence-corrected chi connectivity index (χ4v) is 3.35. The highest BCUT2D eigenvalue weighted by molar-refractivity contribution is 9.11. The molecule has 6 heteroatoms. The second kappa shape index (κ2) is 5.09. The Kier molecular flexibility index (Phi) is 3.82. The number of rotatable bonds is 2. The van der Waals surface area contributed by atoms with Crippen LogP contribution in [0.3, 0.4) is 0 Å². The summed E-state index contributed by atoms with van der Waals surface area (Å²) < 4.78 is 38.6. The van der Waals surface area contributed by atoms with Crippen LogP contribution in [-0.4, -0.2) is 5.78 Å². The molecule has 0 amide bonds. The zero-order valence-electron chi connectivity index (χ0n) is 9.72. The Morgan fingerprint density at radius 1 is 1.26 bits per heavy atom. The first-order valence-electron chi connectivity index (χ1n) is 5.27. The molecule has 0 radical (unpaired) electrons. The van der Waals surface area contributed by atoms with Crippen LogP contribution in [0.4, 0.5) is 13.2 Å². The molecule has 2 aromatic rings. The Hall–Kier alpha value is -1.14. The molecule has 1 aromatic heterocycles. The van der Waals surface area contributed by atoms with Gasteiger partial charge in [0.1, 0.15) is 0 Å². The quantitative estimate of drug-likeness (QED) is 0.692. The molecule has 0 N–H and O–H groups in total. The van der Waals surface area contributed by atoms with Gasteiger partial charge >= 0.3 is 6.18 Å². The lowest BCUT2D eigenvalue weighted by Crippen LogP contribution is -2.08. The maximum Gasteiger partial charge on any atom is 0.416 e. The topological polar surface area (TPSA) is 17.1 Å². The van der Waals surface area contributed by atoms with E-state index in [0.717, 1.165) is 20.8 Å². The molecule has 0 spiro atoms. The third-order valence-corrected chi connectivity index (χ3v) is 4.14. The van der Waals surface area contributed by atoms with E-state index < -0.39 is 17.5 Å². The molecule has 1 nitrogen and oxygen atoms in total. The Morgan fingerprint density at radius 2 is 1.95 bits per heavy atom. The molecule has 100 valence electrons. The van der Waals surface area contributed by atoms with Crippen molar-refractivity contribution in [3.8, 4) is 0 Å². The number of aryl methyl sites for hydroxylation is 1. The third-order valence-electron chi connectivity index (χ3n) is 2.58. The fourth-order valence-electron chi connectivity index (χ4n) is 1.66. The highest BCUT2D eigenvalue weighted by Gasteiger charge is 2.31. The van der Waals surface area contributed by atoms with Gasteiger partial charge in [-0.3, -0.25) is 4.79 Å². The van der Waals surface area contributed by atoms with Crippen molar-refractivity contribution in [1.29, 1.82) is 0 Å². The normalized spacial score (nSPS) is 11.6. The van der Waals surface area contributed by atoms with E-state index in [4.69, 9.17) is 0 Å². The Morgan fingerprint density at radius 3 is 2.47 bits per heavy atom. The van der Waals surface area contributed by atoms with E-state index in [2.05, 4.69) is 15.9 Å². The predicted molar refractivity (Wildman–Crippen MR) is 71.6 cm³/mol. The zero-order chi connectivity index (χ0) is 14.2. The number of carbonyl (C=O) groups is 1. The molecule has 1 aromatic carbocycles. The van der Waals surface area contributed by atoms with Crippen molar-refractivity contribution in [3.05, 3.63) is 55.7 Å². The van der Waals surface area contributed by atoms with E-state index in [1.54, 1.807) is 13.0 Å². The number of hydrogen-bond acceptors (Lipinski definition) is 2. The molecule has 2 rings (SSSR count). The van der Waals surface area contributed by atoms with Crippen molar-refractivity contribution >= 4 is 33.0 Å². The highest BCUT2D eigenvalue weighted by Crippen LogP contribution is 2.31. The van der Waals surface area contributed by atoms with E-state index in [0.29, 0.717) is 5.56 Å². The number of carbonyl (C=O) groups excluding carboxylic acids is 1. The summed E-state index contributed by atoms with van der Waals surface area (Å²) in [6.07, 6.45) is -4.44. The van der Waals surface area contributed by atoms with Gasteiger partial charge in [0.05, 0.1) is 9.35 Å². The summed E-state index contributed by atoms with van der Waals surface area (Å²) in [4.78, 5) is 13.0. The second-order valence-corrected chi connectivity index (χ2v) is 6.56. The van der Waals surface area contributed by atoms with Crippen LogP contribution < -0.4 is 0 Å². The first kappa shape index (κ1) is 14.3. The van der Waals surface area contributed by atoms with E-state index >= 15 is 0 Å². The van der Waals surface area contributed by atoms with E-state index in [9.17, 15) is 18.0 Å². The molecule has 0 aliphatic carbocycles. The summed E-state index contributed by atoms with van der Waals surface area (Å²) in [6, 6.07) is 6.10. The van der Waals surface area contributed by atoms with Crippen molar-refractivity contribution < 1.29 is 18.0 Å². The SMILES string of the molecule is Cc1sc(Br)cc1C(=O)c1cccc(C(F)(F)F)c1. The van der Waals surface area contributed by atoms with Crippen LogP contribution in [0.5, 0.6) is 0 Å². The monoisotopic (exact) mass is 348 g/mol. The van der Waals surface area contributed by atoms with Crippen LogP contribution in [-0.2, 0) is 6.18 Å². The van der Waals surface area contributed by atoms with Crippen molar-refractivity contribution in [2.45, 2.75) is 13.1 Å². The van der Waals surface area contributed by atoms with E-state index in [-0.39, 0.29) is 5.56 Å². The Balaban J connectivity index is 2.43. The summed E-state index contributed by atoms with van der Waals surface area (Å²) in [7, 11) is 0. The van der Waals surface area contributed by atoms with Crippen LogP contribution >= 0.6 is 27.3 Å². The molecule has 0 atom stereocenters. The lowest BCUT2D eigenvalue weighted by molar-refractivity contribution is -0.137. The minimum atomic E-state index is -4.44. The summed E-state index contributed by atoms with van der Waals surface area (Å²) in [5.74, 6) is -0.398. The van der Waals surface area contributed by atoms with Gasteiger partial charge < -0.3 is 0 Å². The molecule has 0 aliphatic heterocycles. The molecule has 0 unspecified atom stereocenters. The Bertz CT molecular complexity index is 631. The highest BCUT2D eigenvalue weighted by atomic mass is 79.9. The summed E-state index contributed by atoms with van der Waals surface area (Å²) >= 11 is 4.63. The molecule has 0 bridgehead atoms. The van der Waals surface area contributed by atoms with Crippen molar-refractivity contribution in [3.63, 3.8) is 0 Å². The second-order valence-electron chi connectivity index (χ2n) is 3.93. The Labute approximate surface area is 120 Å². The van der Waals surface area contributed by atoms with Gasteiger partial charge in [-0.15, -0.1) is 11.3 Å². The lowest BCUT2D eigenvalue weighted by Gasteiger charge is -2.08. The molecular formula is C13H8BrF3OS. The molecule has 0 aliphatic rings. The first-order valence-corrected chi connectivity index (χ1v) is 6.88. The van der Waals surface area contributed by atoms with Crippen LogP contribution in [0, 0.1) is 6.92 Å². The van der Waals surface area contributed by atoms with Crippen LogP contribution in [0.25, 0.3) is 0 Å². The average molecular weight is 349 g/mol. The molecular weight excluding hydrogens is 341 g/mol. The van der Waals surface area contributed by atoms with Gasteiger partial charge in [-0.05, 0) is 41.1 Å². The summed E-state index contributed by atoms with van der Waals surface area (Å²) in [6.45, 7) is 1.76. The van der Waals surface area contributed by atoms with Crippen LogP contribution in [0.15, 0.2) is 34.1 Å². The van der Waals surface area contributed by atoms with Gasteiger partial charge in [0.2, 0.25) is 0 Å². The molecule has 1 heterocycles. The summed E-state index contributed by atoms with van der Waals surface area (Å²) in [5.41, 5.74) is -0.343. The summed E-state index contributed by atoms with van der Waals surface area (Å²) in [5, 5.41) is 0. The van der Waals surface area contributed by atoms with Crippen LogP contribution in [0.2, 0.25) is 0 Å². The van der Waals surface area contributed by atoms with Gasteiger partial charge in [-0.1, -0.05) is 12.1 Å². The minimum Gasteiger partial charge on any atom is -0.289 e. The maximum absolute atomic E-state index is 12.6.